The maximum absolute atomic E-state index is 11.1. The molecule has 2 nitrogen and oxygen atoms in total. The molecule has 0 aromatic rings. The lowest BCUT2D eigenvalue weighted by atomic mass is 9.85. The Morgan fingerprint density at radius 3 is 2.33 bits per heavy atom. The van der Waals surface area contributed by atoms with Gasteiger partial charge in [0.1, 0.15) is 0 Å². The number of carbonyl (C=O) groups excluding carboxylic acids is 1. The van der Waals surface area contributed by atoms with Crippen molar-refractivity contribution in [2.24, 2.45) is 5.92 Å². The van der Waals surface area contributed by atoms with Crippen molar-refractivity contribution in [1.29, 1.82) is 0 Å². The molecule has 1 saturated carbocycles. The van der Waals surface area contributed by atoms with Crippen LogP contribution in [0.5, 0.6) is 0 Å². The molecule has 1 amide bonds. The minimum absolute atomic E-state index is 0.271. The van der Waals surface area contributed by atoms with Crippen LogP contribution in [0.2, 0.25) is 0 Å². The lowest BCUT2D eigenvalue weighted by Crippen LogP contribution is -2.34. The van der Waals surface area contributed by atoms with E-state index in [-0.39, 0.29) is 5.91 Å². The van der Waals surface area contributed by atoms with Crippen LogP contribution in [0.25, 0.3) is 0 Å². The van der Waals surface area contributed by atoms with Crippen molar-refractivity contribution in [2.75, 3.05) is 6.54 Å². The first-order chi connectivity index (χ1) is 5.84. The van der Waals surface area contributed by atoms with E-state index in [0.29, 0.717) is 5.92 Å². The van der Waals surface area contributed by atoms with Crippen molar-refractivity contribution in [2.45, 2.75) is 46.5 Å². The van der Waals surface area contributed by atoms with Gasteiger partial charge in [0.25, 0.3) is 0 Å². The molecule has 0 atom stereocenters. The quantitative estimate of drug-likeness (QED) is 0.693. The Morgan fingerprint density at radius 2 is 2.00 bits per heavy atom. The maximum Gasteiger partial charge on any atom is 0.223 e. The van der Waals surface area contributed by atoms with Gasteiger partial charge in [0.15, 0.2) is 0 Å². The topological polar surface area (TPSA) is 29.1 Å². The van der Waals surface area contributed by atoms with Gasteiger partial charge in [-0.05, 0) is 19.3 Å². The standard InChI is InChI=1S/C8H15NO.C2H6/c1-2-6-9-8(10)7-4-3-5-7;1-2/h7H,2-6H2,1H3,(H,9,10);1-2H3. The fraction of sp³-hybridized carbons (Fsp3) is 0.900. The zero-order valence-electron chi connectivity index (χ0n) is 8.52. The first kappa shape index (κ1) is 11.5. The lowest BCUT2D eigenvalue weighted by molar-refractivity contribution is -0.127. The molecule has 2 heteroatoms. The third kappa shape index (κ3) is 3.74. The van der Waals surface area contributed by atoms with E-state index in [1.165, 1.54) is 6.42 Å². The monoisotopic (exact) mass is 171 g/mol. The van der Waals surface area contributed by atoms with E-state index in [4.69, 9.17) is 0 Å². The molecule has 1 aliphatic rings. The SMILES string of the molecule is CC.CCCNC(=O)C1CCC1. The van der Waals surface area contributed by atoms with Gasteiger partial charge in [0, 0.05) is 12.5 Å². The highest BCUT2D eigenvalue weighted by Crippen LogP contribution is 2.25. The van der Waals surface area contributed by atoms with E-state index in [2.05, 4.69) is 12.2 Å². The minimum atomic E-state index is 0.271. The van der Waals surface area contributed by atoms with Crippen LogP contribution in [0, 0.1) is 5.92 Å². The molecule has 0 heterocycles. The summed E-state index contributed by atoms with van der Waals surface area (Å²) in [6.07, 6.45) is 4.49. The second kappa shape index (κ2) is 7.14. The first-order valence-electron chi connectivity index (χ1n) is 5.12. The van der Waals surface area contributed by atoms with Gasteiger partial charge in [0.2, 0.25) is 5.91 Å². The van der Waals surface area contributed by atoms with E-state index in [9.17, 15) is 4.79 Å². The molecule has 0 aliphatic heterocycles. The van der Waals surface area contributed by atoms with E-state index in [1.54, 1.807) is 0 Å². The van der Waals surface area contributed by atoms with Gasteiger partial charge in [-0.3, -0.25) is 4.79 Å². The van der Waals surface area contributed by atoms with Crippen LogP contribution < -0.4 is 5.32 Å². The zero-order chi connectivity index (χ0) is 9.40. The summed E-state index contributed by atoms with van der Waals surface area (Å²) in [5.41, 5.74) is 0. The average molecular weight is 171 g/mol. The molecule has 1 rings (SSSR count). The largest absolute Gasteiger partial charge is 0.356 e. The van der Waals surface area contributed by atoms with Gasteiger partial charge in [-0.15, -0.1) is 0 Å². The van der Waals surface area contributed by atoms with Gasteiger partial charge in [-0.1, -0.05) is 27.2 Å². The molecule has 0 aromatic heterocycles. The number of rotatable bonds is 3. The predicted octanol–water partition coefficient (Wildman–Crippen LogP) is 2.34. The Balaban J connectivity index is 0.000000561. The highest BCUT2D eigenvalue weighted by molar-refractivity contribution is 5.79. The summed E-state index contributed by atoms with van der Waals surface area (Å²) in [5.74, 6) is 0.625. The van der Waals surface area contributed by atoms with Crippen LogP contribution in [0.1, 0.15) is 46.5 Å². The fourth-order valence-corrected chi connectivity index (χ4v) is 1.06. The maximum atomic E-state index is 11.1. The Bertz CT molecular complexity index is 119. The van der Waals surface area contributed by atoms with Crippen molar-refractivity contribution in [3.05, 3.63) is 0 Å². The highest BCUT2D eigenvalue weighted by atomic mass is 16.1. The van der Waals surface area contributed by atoms with Crippen LogP contribution in [0.4, 0.5) is 0 Å². The molecule has 1 N–H and O–H groups in total. The Kier molecular flexibility index (Phi) is 6.82. The molecular weight excluding hydrogens is 150 g/mol. The summed E-state index contributed by atoms with van der Waals surface area (Å²) in [7, 11) is 0. The van der Waals surface area contributed by atoms with Crippen LogP contribution >= 0.6 is 0 Å². The number of amides is 1. The van der Waals surface area contributed by atoms with Gasteiger partial charge < -0.3 is 5.32 Å². The zero-order valence-corrected chi connectivity index (χ0v) is 8.52. The third-order valence-electron chi connectivity index (χ3n) is 2.03. The van der Waals surface area contributed by atoms with Gasteiger partial charge in [-0.25, -0.2) is 0 Å². The molecule has 72 valence electrons. The van der Waals surface area contributed by atoms with E-state index in [0.717, 1.165) is 25.8 Å². The molecule has 0 bridgehead atoms. The van der Waals surface area contributed by atoms with Gasteiger partial charge in [-0.2, -0.15) is 0 Å². The normalized spacial score (nSPS) is 15.6. The summed E-state index contributed by atoms with van der Waals surface area (Å²) in [5, 5.41) is 2.90. The second-order valence-electron chi connectivity index (χ2n) is 2.92. The van der Waals surface area contributed by atoms with E-state index >= 15 is 0 Å². The third-order valence-corrected chi connectivity index (χ3v) is 2.03. The van der Waals surface area contributed by atoms with E-state index in [1.807, 2.05) is 13.8 Å². The van der Waals surface area contributed by atoms with Crippen molar-refractivity contribution in [3.63, 3.8) is 0 Å². The number of hydrogen-bond acceptors (Lipinski definition) is 1. The van der Waals surface area contributed by atoms with E-state index < -0.39 is 0 Å². The lowest BCUT2D eigenvalue weighted by Gasteiger charge is -2.23. The van der Waals surface area contributed by atoms with Crippen molar-refractivity contribution in [3.8, 4) is 0 Å². The van der Waals surface area contributed by atoms with Crippen LogP contribution in [-0.4, -0.2) is 12.5 Å². The smallest absolute Gasteiger partial charge is 0.223 e. The van der Waals surface area contributed by atoms with Crippen LogP contribution in [0.15, 0.2) is 0 Å². The molecule has 1 aliphatic carbocycles. The summed E-state index contributed by atoms with van der Waals surface area (Å²) < 4.78 is 0. The minimum Gasteiger partial charge on any atom is -0.356 e. The summed E-state index contributed by atoms with van der Waals surface area (Å²) in [6, 6.07) is 0. The van der Waals surface area contributed by atoms with Crippen molar-refractivity contribution in [1.82, 2.24) is 5.32 Å². The molecular formula is C10H21NO. The summed E-state index contributed by atoms with van der Waals surface area (Å²) in [6.45, 7) is 6.91. The molecule has 1 fully saturated rings. The Morgan fingerprint density at radius 1 is 1.42 bits per heavy atom. The average Bonchev–Trinajstić information content (AvgIpc) is 2.01. The van der Waals surface area contributed by atoms with Crippen molar-refractivity contribution < 1.29 is 4.79 Å². The Hall–Kier alpha value is -0.530. The summed E-state index contributed by atoms with van der Waals surface area (Å²) in [4.78, 5) is 11.1. The van der Waals surface area contributed by atoms with Gasteiger partial charge >= 0.3 is 0 Å². The molecule has 0 radical (unpaired) electrons. The van der Waals surface area contributed by atoms with Crippen molar-refractivity contribution >= 4 is 5.91 Å². The van der Waals surface area contributed by atoms with Crippen LogP contribution in [0.3, 0.4) is 0 Å². The molecule has 12 heavy (non-hydrogen) atoms. The summed E-state index contributed by atoms with van der Waals surface area (Å²) >= 11 is 0. The molecule has 0 saturated heterocycles. The first-order valence-corrected chi connectivity index (χ1v) is 5.12. The second-order valence-corrected chi connectivity index (χ2v) is 2.92. The fourth-order valence-electron chi connectivity index (χ4n) is 1.06. The number of carbonyl (C=O) groups is 1. The predicted molar refractivity (Wildman–Crippen MR) is 52.0 cm³/mol. The molecule has 0 unspecified atom stereocenters. The van der Waals surface area contributed by atoms with Gasteiger partial charge in [0.05, 0.1) is 0 Å². The molecule has 0 spiro atoms. The number of nitrogens with one attached hydrogen (secondary N) is 1. The number of hydrogen-bond donors (Lipinski definition) is 1. The van der Waals surface area contributed by atoms with Crippen LogP contribution in [-0.2, 0) is 4.79 Å². The molecule has 0 aromatic carbocycles. The Labute approximate surface area is 75.7 Å². The highest BCUT2D eigenvalue weighted by Gasteiger charge is 2.24.